The van der Waals surface area contributed by atoms with E-state index in [9.17, 15) is 5.11 Å². The molecule has 0 bridgehead atoms. The zero-order valence-corrected chi connectivity index (χ0v) is 12.6. The molecule has 0 spiro atoms. The predicted octanol–water partition coefficient (Wildman–Crippen LogP) is 4.09. The summed E-state index contributed by atoms with van der Waals surface area (Å²) in [5, 5.41) is 11.3. The van der Waals surface area contributed by atoms with Crippen LogP contribution >= 0.6 is 23.2 Å². The Bertz CT molecular complexity index is 614. The second-order valence-corrected chi connectivity index (χ2v) is 4.91. The third-order valence-electron chi connectivity index (χ3n) is 3.01. The van der Waals surface area contributed by atoms with Crippen molar-refractivity contribution in [2.75, 3.05) is 14.2 Å². The largest absolute Gasteiger partial charge is 0.495 e. The van der Waals surface area contributed by atoms with E-state index >= 15 is 0 Å². The van der Waals surface area contributed by atoms with E-state index in [1.807, 2.05) is 6.07 Å². The molecule has 0 heterocycles. The van der Waals surface area contributed by atoms with Crippen LogP contribution < -0.4 is 9.47 Å². The van der Waals surface area contributed by atoms with E-state index in [4.69, 9.17) is 32.7 Å². The van der Waals surface area contributed by atoms with Crippen LogP contribution in [0, 0.1) is 0 Å². The monoisotopic (exact) mass is 312 g/mol. The number of aliphatic hydroxyl groups is 1. The van der Waals surface area contributed by atoms with E-state index in [1.165, 1.54) is 14.2 Å². The van der Waals surface area contributed by atoms with Gasteiger partial charge in [0.05, 0.1) is 14.2 Å². The molecular formula is C15H14Cl2O3. The lowest BCUT2D eigenvalue weighted by molar-refractivity contribution is 0.214. The lowest BCUT2D eigenvalue weighted by atomic mass is 10.0. The lowest BCUT2D eigenvalue weighted by Gasteiger charge is -2.18. The molecule has 0 saturated carbocycles. The van der Waals surface area contributed by atoms with Gasteiger partial charge in [0.15, 0.2) is 0 Å². The molecule has 0 aliphatic heterocycles. The van der Waals surface area contributed by atoms with Gasteiger partial charge in [-0.15, -0.1) is 0 Å². The van der Waals surface area contributed by atoms with Gasteiger partial charge in [-0.1, -0.05) is 41.4 Å². The van der Waals surface area contributed by atoms with E-state index in [1.54, 1.807) is 30.3 Å². The highest BCUT2D eigenvalue weighted by molar-refractivity contribution is 6.33. The third-order valence-corrected chi connectivity index (χ3v) is 3.71. The van der Waals surface area contributed by atoms with Gasteiger partial charge in [0, 0.05) is 16.1 Å². The predicted molar refractivity (Wildman–Crippen MR) is 80.1 cm³/mol. The van der Waals surface area contributed by atoms with Crippen LogP contribution in [0.4, 0.5) is 0 Å². The number of halogens is 2. The van der Waals surface area contributed by atoms with Crippen LogP contribution in [-0.2, 0) is 0 Å². The number of hydrogen-bond donors (Lipinski definition) is 1. The average Bonchev–Trinajstić information content (AvgIpc) is 2.46. The molecule has 3 nitrogen and oxygen atoms in total. The van der Waals surface area contributed by atoms with Gasteiger partial charge in [-0.25, -0.2) is 0 Å². The maximum Gasteiger partial charge on any atom is 0.147 e. The van der Waals surface area contributed by atoms with Gasteiger partial charge < -0.3 is 14.6 Å². The molecule has 0 saturated heterocycles. The molecule has 2 aromatic carbocycles. The summed E-state index contributed by atoms with van der Waals surface area (Å²) in [6.07, 6.45) is -0.929. The second kappa shape index (κ2) is 6.35. The van der Waals surface area contributed by atoms with E-state index < -0.39 is 6.10 Å². The molecule has 2 rings (SSSR count). The number of aliphatic hydroxyl groups excluding tert-OH is 1. The minimum absolute atomic E-state index is 0.318. The van der Waals surface area contributed by atoms with Gasteiger partial charge in [-0.05, 0) is 18.2 Å². The molecule has 1 unspecified atom stereocenters. The van der Waals surface area contributed by atoms with Crippen molar-refractivity contribution in [1.29, 1.82) is 0 Å². The van der Waals surface area contributed by atoms with Crippen molar-refractivity contribution in [2.24, 2.45) is 0 Å². The van der Waals surface area contributed by atoms with Crippen molar-refractivity contribution in [3.63, 3.8) is 0 Å². The fourth-order valence-corrected chi connectivity index (χ4v) is 2.56. The summed E-state index contributed by atoms with van der Waals surface area (Å²) >= 11 is 12.3. The van der Waals surface area contributed by atoms with Crippen LogP contribution in [0.15, 0.2) is 36.4 Å². The SMILES string of the molecule is COc1ccc(C(O)c2ccccc2Cl)c(OC)c1Cl. The Labute approximate surface area is 127 Å². The molecule has 1 atom stereocenters. The first-order chi connectivity index (χ1) is 9.60. The summed E-state index contributed by atoms with van der Waals surface area (Å²) < 4.78 is 10.4. The summed E-state index contributed by atoms with van der Waals surface area (Å²) in [5.41, 5.74) is 1.13. The summed E-state index contributed by atoms with van der Waals surface area (Å²) in [7, 11) is 3.01. The zero-order chi connectivity index (χ0) is 14.7. The molecule has 0 fully saturated rings. The maximum atomic E-state index is 10.5. The van der Waals surface area contributed by atoms with Gasteiger partial charge in [0.1, 0.15) is 22.6 Å². The third kappa shape index (κ3) is 2.70. The average molecular weight is 313 g/mol. The van der Waals surface area contributed by atoms with Crippen molar-refractivity contribution in [2.45, 2.75) is 6.10 Å². The van der Waals surface area contributed by atoms with Crippen molar-refractivity contribution >= 4 is 23.2 Å². The number of rotatable bonds is 4. The zero-order valence-electron chi connectivity index (χ0n) is 11.1. The van der Waals surface area contributed by atoms with E-state index in [0.29, 0.717) is 32.7 Å². The highest BCUT2D eigenvalue weighted by atomic mass is 35.5. The summed E-state index contributed by atoms with van der Waals surface area (Å²) in [6.45, 7) is 0. The standard InChI is InChI=1S/C15H14Cl2O3/c1-19-12-8-7-10(15(20-2)13(12)17)14(18)9-5-3-4-6-11(9)16/h3-8,14,18H,1-2H3. The number of methoxy groups -OCH3 is 2. The Morgan fingerprint density at radius 2 is 1.65 bits per heavy atom. The quantitative estimate of drug-likeness (QED) is 0.924. The fraction of sp³-hybridized carbons (Fsp3) is 0.200. The summed E-state index contributed by atoms with van der Waals surface area (Å²) in [6, 6.07) is 10.5. The molecule has 0 aliphatic carbocycles. The Morgan fingerprint density at radius 3 is 2.25 bits per heavy atom. The molecule has 0 radical (unpaired) electrons. The Hall–Kier alpha value is -1.42. The fourth-order valence-electron chi connectivity index (χ4n) is 2.00. The van der Waals surface area contributed by atoms with Crippen LogP contribution in [0.25, 0.3) is 0 Å². The van der Waals surface area contributed by atoms with Crippen molar-refractivity contribution in [1.82, 2.24) is 0 Å². The topological polar surface area (TPSA) is 38.7 Å². The first-order valence-corrected chi connectivity index (χ1v) is 6.68. The molecule has 1 N–H and O–H groups in total. The maximum absolute atomic E-state index is 10.5. The highest BCUT2D eigenvalue weighted by Crippen LogP contribution is 2.41. The first kappa shape index (κ1) is 15.0. The summed E-state index contributed by atoms with van der Waals surface area (Å²) in [4.78, 5) is 0. The van der Waals surface area contributed by atoms with Crippen LogP contribution in [0.5, 0.6) is 11.5 Å². The lowest BCUT2D eigenvalue weighted by Crippen LogP contribution is -2.04. The molecule has 0 aromatic heterocycles. The highest BCUT2D eigenvalue weighted by Gasteiger charge is 2.21. The molecule has 106 valence electrons. The Balaban J connectivity index is 2.53. The van der Waals surface area contributed by atoms with Crippen molar-refractivity contribution in [3.05, 3.63) is 57.6 Å². The Morgan fingerprint density at radius 1 is 0.950 bits per heavy atom. The van der Waals surface area contributed by atoms with Gasteiger partial charge in [-0.2, -0.15) is 0 Å². The minimum atomic E-state index is -0.929. The Kier molecular flexibility index (Phi) is 4.76. The molecular weight excluding hydrogens is 299 g/mol. The first-order valence-electron chi connectivity index (χ1n) is 5.93. The van der Waals surface area contributed by atoms with Gasteiger partial charge >= 0.3 is 0 Å². The molecule has 20 heavy (non-hydrogen) atoms. The number of hydrogen-bond acceptors (Lipinski definition) is 3. The minimum Gasteiger partial charge on any atom is -0.495 e. The molecule has 5 heteroatoms. The normalized spacial score (nSPS) is 12.1. The van der Waals surface area contributed by atoms with E-state index in [0.717, 1.165) is 0 Å². The molecule has 0 aliphatic rings. The molecule has 0 amide bonds. The molecule has 2 aromatic rings. The second-order valence-electron chi connectivity index (χ2n) is 4.13. The number of benzene rings is 2. The van der Waals surface area contributed by atoms with Crippen LogP contribution in [0.3, 0.4) is 0 Å². The van der Waals surface area contributed by atoms with Gasteiger partial charge in [0.2, 0.25) is 0 Å². The van der Waals surface area contributed by atoms with Crippen molar-refractivity contribution in [3.8, 4) is 11.5 Å². The van der Waals surface area contributed by atoms with Crippen LogP contribution in [0.2, 0.25) is 10.0 Å². The van der Waals surface area contributed by atoms with Crippen molar-refractivity contribution < 1.29 is 14.6 Å². The summed E-state index contributed by atoms with van der Waals surface area (Å²) in [5.74, 6) is 0.858. The van der Waals surface area contributed by atoms with Crippen LogP contribution in [-0.4, -0.2) is 19.3 Å². The smallest absolute Gasteiger partial charge is 0.147 e. The van der Waals surface area contributed by atoms with Gasteiger partial charge in [-0.3, -0.25) is 0 Å². The van der Waals surface area contributed by atoms with Crippen LogP contribution in [0.1, 0.15) is 17.2 Å². The number of ether oxygens (including phenoxy) is 2. The van der Waals surface area contributed by atoms with E-state index in [-0.39, 0.29) is 0 Å². The van der Waals surface area contributed by atoms with E-state index in [2.05, 4.69) is 0 Å². The van der Waals surface area contributed by atoms with Gasteiger partial charge in [0.25, 0.3) is 0 Å².